The second-order valence-corrected chi connectivity index (χ2v) is 4.99. The molecule has 2 N–H and O–H groups in total. The number of nitrogens with zero attached hydrogens (tertiary/aromatic N) is 2. The van der Waals surface area contributed by atoms with Gasteiger partial charge in [0.15, 0.2) is 5.69 Å². The molecule has 22 heavy (non-hydrogen) atoms. The van der Waals surface area contributed by atoms with Crippen LogP contribution >= 0.6 is 12.4 Å². The van der Waals surface area contributed by atoms with Crippen molar-refractivity contribution >= 4 is 24.3 Å². The summed E-state index contributed by atoms with van der Waals surface area (Å²) in [5, 5.41) is 10.3. The highest BCUT2D eigenvalue weighted by Crippen LogP contribution is 2.17. The molecule has 0 saturated carbocycles. The van der Waals surface area contributed by atoms with E-state index in [0.717, 1.165) is 30.6 Å². The first kappa shape index (κ1) is 18.4. The average Bonchev–Trinajstić information content (AvgIpc) is 2.90. The van der Waals surface area contributed by atoms with Gasteiger partial charge in [-0.05, 0) is 13.3 Å². The van der Waals surface area contributed by atoms with Crippen molar-refractivity contribution in [2.45, 2.75) is 33.2 Å². The maximum Gasteiger partial charge on any atom is 0.325 e. The fourth-order valence-electron chi connectivity index (χ4n) is 2.44. The molecule has 0 unspecified atom stereocenters. The van der Waals surface area contributed by atoms with E-state index in [1.54, 1.807) is 6.92 Å². The SMILES string of the molecule is CCCN(CC(=O)OCC)C(=O)c1n[nH]c2c1CNCC2.Cl. The molecule has 1 amide bonds. The van der Waals surface area contributed by atoms with Gasteiger partial charge in [-0.3, -0.25) is 14.7 Å². The van der Waals surface area contributed by atoms with Crippen LogP contribution in [0.4, 0.5) is 0 Å². The normalized spacial score (nSPS) is 13.0. The molecule has 1 aromatic heterocycles. The number of nitrogens with one attached hydrogen (secondary N) is 2. The van der Waals surface area contributed by atoms with Crippen LogP contribution in [-0.2, 0) is 22.5 Å². The van der Waals surface area contributed by atoms with Gasteiger partial charge in [0.1, 0.15) is 6.54 Å². The number of carbonyl (C=O) groups excluding carboxylic acids is 2. The maximum absolute atomic E-state index is 12.6. The summed E-state index contributed by atoms with van der Waals surface area (Å²) in [5.74, 6) is -0.604. The molecule has 0 fully saturated rings. The number of amides is 1. The van der Waals surface area contributed by atoms with Crippen molar-refractivity contribution in [3.05, 3.63) is 17.0 Å². The van der Waals surface area contributed by atoms with E-state index < -0.39 is 0 Å². The molecular formula is C14H23ClN4O3. The third-order valence-corrected chi connectivity index (χ3v) is 3.41. The van der Waals surface area contributed by atoms with Gasteiger partial charge in [0, 0.05) is 37.3 Å². The van der Waals surface area contributed by atoms with Crippen LogP contribution in [0.25, 0.3) is 0 Å². The molecule has 2 heterocycles. The number of esters is 1. The van der Waals surface area contributed by atoms with E-state index in [1.807, 2.05) is 6.92 Å². The predicted molar refractivity (Wildman–Crippen MR) is 84.1 cm³/mol. The molecule has 2 rings (SSSR count). The van der Waals surface area contributed by atoms with Gasteiger partial charge in [-0.2, -0.15) is 5.10 Å². The minimum atomic E-state index is -0.387. The van der Waals surface area contributed by atoms with Crippen LogP contribution < -0.4 is 5.32 Å². The predicted octanol–water partition coefficient (Wildman–Crippen LogP) is 0.892. The zero-order valence-corrected chi connectivity index (χ0v) is 13.8. The first-order valence-electron chi connectivity index (χ1n) is 7.39. The first-order chi connectivity index (χ1) is 10.2. The molecule has 124 valence electrons. The zero-order valence-electron chi connectivity index (χ0n) is 13.0. The van der Waals surface area contributed by atoms with Crippen molar-refractivity contribution in [2.24, 2.45) is 0 Å². The molecule has 8 heteroatoms. The smallest absolute Gasteiger partial charge is 0.325 e. The standard InChI is InChI=1S/C14H22N4O3.ClH/c1-3-7-18(9-12(19)21-4-2)14(20)13-10-8-15-6-5-11(10)16-17-13;/h15H,3-9H2,1-2H3,(H,16,17);1H. The van der Waals surface area contributed by atoms with Gasteiger partial charge in [-0.15, -0.1) is 12.4 Å². The molecule has 0 radical (unpaired) electrons. The van der Waals surface area contributed by atoms with E-state index in [0.29, 0.717) is 25.4 Å². The van der Waals surface area contributed by atoms with E-state index in [2.05, 4.69) is 15.5 Å². The second-order valence-electron chi connectivity index (χ2n) is 4.99. The fraction of sp³-hybridized carbons (Fsp3) is 0.643. The van der Waals surface area contributed by atoms with Crippen LogP contribution in [0, 0.1) is 0 Å². The van der Waals surface area contributed by atoms with Crippen molar-refractivity contribution in [1.82, 2.24) is 20.4 Å². The summed E-state index contributed by atoms with van der Waals surface area (Å²) in [6.07, 6.45) is 1.61. The van der Waals surface area contributed by atoms with Crippen molar-refractivity contribution < 1.29 is 14.3 Å². The Bertz CT molecular complexity index is 518. The molecular weight excluding hydrogens is 308 g/mol. The molecule has 0 aromatic carbocycles. The summed E-state index contributed by atoms with van der Waals surface area (Å²) in [6.45, 7) is 6.01. The molecule has 0 aliphatic carbocycles. The van der Waals surface area contributed by atoms with Crippen LogP contribution in [0.15, 0.2) is 0 Å². The van der Waals surface area contributed by atoms with E-state index in [1.165, 1.54) is 4.90 Å². The second kappa shape index (κ2) is 8.75. The molecule has 1 aromatic rings. The number of fused-ring (bicyclic) bond motifs is 1. The lowest BCUT2D eigenvalue weighted by atomic mass is 10.1. The summed E-state index contributed by atoms with van der Waals surface area (Å²) in [5.41, 5.74) is 2.33. The van der Waals surface area contributed by atoms with Crippen molar-refractivity contribution in [1.29, 1.82) is 0 Å². The molecule has 1 aliphatic rings. The first-order valence-corrected chi connectivity index (χ1v) is 7.39. The Kier molecular flexibility index (Phi) is 7.34. The summed E-state index contributed by atoms with van der Waals surface area (Å²) < 4.78 is 4.93. The Hall–Kier alpha value is -1.60. The van der Waals surface area contributed by atoms with Crippen LogP contribution in [-0.4, -0.2) is 53.2 Å². The van der Waals surface area contributed by atoms with Crippen molar-refractivity contribution in [2.75, 3.05) is 26.2 Å². The van der Waals surface area contributed by atoms with Gasteiger partial charge in [-0.1, -0.05) is 6.92 Å². The largest absolute Gasteiger partial charge is 0.465 e. The number of H-pyrrole nitrogens is 1. The van der Waals surface area contributed by atoms with E-state index in [9.17, 15) is 9.59 Å². The maximum atomic E-state index is 12.6. The lowest BCUT2D eigenvalue weighted by molar-refractivity contribution is -0.143. The van der Waals surface area contributed by atoms with Crippen LogP contribution in [0.2, 0.25) is 0 Å². The monoisotopic (exact) mass is 330 g/mol. The molecule has 0 saturated heterocycles. The lowest BCUT2D eigenvalue weighted by Gasteiger charge is -2.21. The Balaban J connectivity index is 0.00000242. The van der Waals surface area contributed by atoms with E-state index >= 15 is 0 Å². The van der Waals surface area contributed by atoms with E-state index in [4.69, 9.17) is 4.74 Å². The van der Waals surface area contributed by atoms with Crippen molar-refractivity contribution in [3.63, 3.8) is 0 Å². The third-order valence-electron chi connectivity index (χ3n) is 3.41. The number of rotatable bonds is 6. The van der Waals surface area contributed by atoms with Crippen LogP contribution in [0.1, 0.15) is 42.0 Å². The summed E-state index contributed by atoms with van der Waals surface area (Å²) >= 11 is 0. The van der Waals surface area contributed by atoms with Gasteiger partial charge in [0.25, 0.3) is 5.91 Å². The Morgan fingerprint density at radius 3 is 2.82 bits per heavy atom. The zero-order chi connectivity index (χ0) is 15.2. The molecule has 0 spiro atoms. The average molecular weight is 331 g/mol. The molecule has 0 atom stereocenters. The van der Waals surface area contributed by atoms with Gasteiger partial charge >= 0.3 is 5.97 Å². The molecule has 1 aliphatic heterocycles. The fourth-order valence-corrected chi connectivity index (χ4v) is 2.44. The lowest BCUT2D eigenvalue weighted by Crippen LogP contribution is -2.38. The van der Waals surface area contributed by atoms with Gasteiger partial charge in [0.2, 0.25) is 0 Å². The minimum absolute atomic E-state index is 0. The number of aromatic amines is 1. The number of aromatic nitrogens is 2. The van der Waals surface area contributed by atoms with Crippen LogP contribution in [0.5, 0.6) is 0 Å². The topological polar surface area (TPSA) is 87.3 Å². The Morgan fingerprint density at radius 2 is 2.14 bits per heavy atom. The number of ether oxygens (including phenoxy) is 1. The number of hydrogen-bond donors (Lipinski definition) is 2. The quantitative estimate of drug-likeness (QED) is 0.756. The highest BCUT2D eigenvalue weighted by Gasteiger charge is 2.26. The highest BCUT2D eigenvalue weighted by atomic mass is 35.5. The van der Waals surface area contributed by atoms with Crippen molar-refractivity contribution in [3.8, 4) is 0 Å². The number of carbonyl (C=O) groups is 2. The van der Waals surface area contributed by atoms with Gasteiger partial charge in [-0.25, -0.2) is 0 Å². The highest BCUT2D eigenvalue weighted by molar-refractivity contribution is 5.95. The van der Waals surface area contributed by atoms with E-state index in [-0.39, 0.29) is 30.8 Å². The Morgan fingerprint density at radius 1 is 1.36 bits per heavy atom. The molecule has 0 bridgehead atoms. The third kappa shape index (κ3) is 4.20. The molecule has 7 nitrogen and oxygen atoms in total. The number of hydrogen-bond acceptors (Lipinski definition) is 5. The summed E-state index contributed by atoms with van der Waals surface area (Å²) in [4.78, 5) is 25.8. The minimum Gasteiger partial charge on any atom is -0.465 e. The van der Waals surface area contributed by atoms with Crippen LogP contribution in [0.3, 0.4) is 0 Å². The number of halogens is 1. The summed E-state index contributed by atoms with van der Waals surface area (Å²) in [7, 11) is 0. The van der Waals surface area contributed by atoms with Gasteiger partial charge in [0.05, 0.1) is 6.61 Å². The Labute approximate surface area is 136 Å². The van der Waals surface area contributed by atoms with Gasteiger partial charge < -0.3 is 15.0 Å². The summed E-state index contributed by atoms with van der Waals surface area (Å²) in [6, 6.07) is 0.